The van der Waals surface area contributed by atoms with E-state index in [-0.39, 0.29) is 0 Å². The third-order valence-corrected chi connectivity index (χ3v) is 0.905. The molecule has 0 unspecified atom stereocenters. The van der Waals surface area contributed by atoms with Gasteiger partial charge in [0, 0.05) is 13.1 Å². The molecule has 0 saturated heterocycles. The van der Waals surface area contributed by atoms with Crippen molar-refractivity contribution in [2.45, 2.75) is 6.42 Å². The Morgan fingerprint density at radius 3 is 2.50 bits per heavy atom. The minimum atomic E-state index is 0.976. The molecule has 2 heteroatoms. The highest BCUT2D eigenvalue weighted by atomic mass is 14.9. The van der Waals surface area contributed by atoms with Gasteiger partial charge in [0.2, 0.25) is 0 Å². The molecule has 0 aliphatic heterocycles. The van der Waals surface area contributed by atoms with Crippen molar-refractivity contribution in [3.05, 3.63) is 6.92 Å². The lowest BCUT2D eigenvalue weighted by Gasteiger charge is -1.99. The van der Waals surface area contributed by atoms with E-state index in [2.05, 4.69) is 17.6 Å². The van der Waals surface area contributed by atoms with E-state index < -0.39 is 0 Å². The second kappa shape index (κ2) is 6.92. The second-order valence-corrected chi connectivity index (χ2v) is 1.71. The molecule has 8 heavy (non-hydrogen) atoms. The normalized spacial score (nSPS) is 9.75. The number of hydrogen-bond donors (Lipinski definition) is 2. The summed E-state index contributed by atoms with van der Waals surface area (Å²) >= 11 is 0. The van der Waals surface area contributed by atoms with Crippen LogP contribution in [-0.4, -0.2) is 26.7 Å². The lowest BCUT2D eigenvalue weighted by atomic mass is 10.5. The zero-order valence-electron chi connectivity index (χ0n) is 5.54. The summed E-state index contributed by atoms with van der Waals surface area (Å²) in [4.78, 5) is 0. The number of rotatable bonds is 5. The Bertz CT molecular complexity index is 31.5. The molecular formula is C6H15N2. The van der Waals surface area contributed by atoms with Gasteiger partial charge in [0.25, 0.3) is 0 Å². The van der Waals surface area contributed by atoms with Crippen molar-refractivity contribution in [2.24, 2.45) is 0 Å². The molecule has 49 valence electrons. The molecule has 2 nitrogen and oxygen atoms in total. The largest absolute Gasteiger partial charge is 0.318 e. The maximum absolute atomic E-state index is 3.70. The minimum Gasteiger partial charge on any atom is -0.318 e. The first-order valence-corrected chi connectivity index (χ1v) is 3.06. The maximum atomic E-state index is 3.70. The highest BCUT2D eigenvalue weighted by molar-refractivity contribution is 4.49. The molecule has 0 bridgehead atoms. The predicted octanol–water partition coefficient (Wildman–Crippen LogP) is 0.0196. The van der Waals surface area contributed by atoms with Crippen LogP contribution in [0.2, 0.25) is 0 Å². The predicted molar refractivity (Wildman–Crippen MR) is 36.8 cm³/mol. The van der Waals surface area contributed by atoms with Crippen molar-refractivity contribution in [1.82, 2.24) is 10.6 Å². The van der Waals surface area contributed by atoms with E-state index in [1.807, 2.05) is 7.05 Å². The van der Waals surface area contributed by atoms with Gasteiger partial charge in [-0.25, -0.2) is 0 Å². The third-order valence-electron chi connectivity index (χ3n) is 0.905. The Balaban J connectivity index is 2.53. The van der Waals surface area contributed by atoms with Crippen LogP contribution in [0.25, 0.3) is 0 Å². The smallest absolute Gasteiger partial charge is 0.00766 e. The second-order valence-electron chi connectivity index (χ2n) is 1.71. The van der Waals surface area contributed by atoms with Gasteiger partial charge in [-0.1, -0.05) is 6.92 Å². The van der Waals surface area contributed by atoms with Crippen molar-refractivity contribution in [3.8, 4) is 0 Å². The minimum absolute atomic E-state index is 0.976. The average Bonchev–Trinajstić information content (AvgIpc) is 1.81. The fourth-order valence-corrected chi connectivity index (χ4v) is 0.463. The van der Waals surface area contributed by atoms with Crippen LogP contribution in [-0.2, 0) is 0 Å². The van der Waals surface area contributed by atoms with Crippen LogP contribution in [0.1, 0.15) is 6.42 Å². The summed E-state index contributed by atoms with van der Waals surface area (Å²) in [6.45, 7) is 6.82. The van der Waals surface area contributed by atoms with Crippen LogP contribution in [0.3, 0.4) is 0 Å². The van der Waals surface area contributed by atoms with E-state index in [9.17, 15) is 0 Å². The summed E-state index contributed by atoms with van der Waals surface area (Å²) in [5.74, 6) is 0. The average molecular weight is 115 g/mol. The molecule has 0 aromatic rings. The molecule has 0 aromatic carbocycles. The molecular weight excluding hydrogens is 100 g/mol. The van der Waals surface area contributed by atoms with Gasteiger partial charge in [-0.3, -0.25) is 0 Å². The Morgan fingerprint density at radius 2 is 2.00 bits per heavy atom. The van der Waals surface area contributed by atoms with Crippen LogP contribution in [0, 0.1) is 6.92 Å². The quantitative estimate of drug-likeness (QED) is 0.494. The molecule has 0 atom stereocenters. The fraction of sp³-hybridized carbons (Fsp3) is 0.833. The van der Waals surface area contributed by atoms with E-state index in [1.165, 1.54) is 0 Å². The van der Waals surface area contributed by atoms with Gasteiger partial charge in [0.05, 0.1) is 0 Å². The number of nitrogens with one attached hydrogen (secondary N) is 2. The van der Waals surface area contributed by atoms with Crippen molar-refractivity contribution < 1.29 is 0 Å². The van der Waals surface area contributed by atoms with Gasteiger partial charge >= 0.3 is 0 Å². The van der Waals surface area contributed by atoms with Crippen LogP contribution < -0.4 is 10.6 Å². The molecule has 1 radical (unpaired) electrons. The molecule has 2 N–H and O–H groups in total. The molecule has 0 aliphatic carbocycles. The van der Waals surface area contributed by atoms with E-state index >= 15 is 0 Å². The topological polar surface area (TPSA) is 24.1 Å². The van der Waals surface area contributed by atoms with Crippen LogP contribution in [0.15, 0.2) is 0 Å². The van der Waals surface area contributed by atoms with Gasteiger partial charge in [-0.2, -0.15) is 0 Å². The maximum Gasteiger partial charge on any atom is 0.00766 e. The van der Waals surface area contributed by atoms with E-state index in [4.69, 9.17) is 0 Å². The van der Waals surface area contributed by atoms with E-state index in [0.717, 1.165) is 26.1 Å². The standard InChI is InChI=1S/C6H15N2/c1-3-4-8-6-5-7-2/h7-8H,1,3-6H2,2H3. The summed E-state index contributed by atoms with van der Waals surface area (Å²) < 4.78 is 0. The van der Waals surface area contributed by atoms with Crippen molar-refractivity contribution in [2.75, 3.05) is 26.7 Å². The summed E-state index contributed by atoms with van der Waals surface area (Å²) in [5, 5.41) is 6.25. The number of likely N-dealkylation sites (N-methyl/N-ethyl adjacent to an activating group) is 1. The molecule has 0 heterocycles. The summed E-state index contributed by atoms with van der Waals surface area (Å²) in [6, 6.07) is 0. The Morgan fingerprint density at radius 1 is 1.25 bits per heavy atom. The van der Waals surface area contributed by atoms with Crippen LogP contribution >= 0.6 is 0 Å². The molecule has 0 rings (SSSR count). The first kappa shape index (κ1) is 7.92. The Labute approximate surface area is 51.7 Å². The zero-order chi connectivity index (χ0) is 6.24. The van der Waals surface area contributed by atoms with Crippen LogP contribution in [0.4, 0.5) is 0 Å². The van der Waals surface area contributed by atoms with Gasteiger partial charge in [0.15, 0.2) is 0 Å². The van der Waals surface area contributed by atoms with Crippen molar-refractivity contribution in [1.29, 1.82) is 0 Å². The lowest BCUT2D eigenvalue weighted by Crippen LogP contribution is -2.25. The van der Waals surface area contributed by atoms with E-state index in [0.29, 0.717) is 0 Å². The van der Waals surface area contributed by atoms with Gasteiger partial charge in [-0.15, -0.1) is 0 Å². The van der Waals surface area contributed by atoms with Gasteiger partial charge < -0.3 is 10.6 Å². The Hall–Kier alpha value is -0.0800. The SMILES string of the molecule is [CH2]CCNCCNC. The van der Waals surface area contributed by atoms with Gasteiger partial charge in [-0.05, 0) is 20.0 Å². The fourth-order valence-electron chi connectivity index (χ4n) is 0.463. The van der Waals surface area contributed by atoms with Gasteiger partial charge in [0.1, 0.15) is 0 Å². The highest BCUT2D eigenvalue weighted by Gasteiger charge is 1.79. The zero-order valence-corrected chi connectivity index (χ0v) is 5.54. The van der Waals surface area contributed by atoms with Crippen molar-refractivity contribution in [3.63, 3.8) is 0 Å². The first-order chi connectivity index (χ1) is 3.91. The molecule has 0 saturated carbocycles. The number of hydrogen-bond acceptors (Lipinski definition) is 2. The first-order valence-electron chi connectivity index (χ1n) is 3.06. The Kier molecular flexibility index (Phi) is 6.85. The summed E-state index contributed by atoms with van der Waals surface area (Å²) in [6.07, 6.45) is 0.976. The molecule has 0 aromatic heterocycles. The van der Waals surface area contributed by atoms with Crippen molar-refractivity contribution >= 4 is 0 Å². The van der Waals surface area contributed by atoms with Crippen LogP contribution in [0.5, 0.6) is 0 Å². The summed E-state index contributed by atoms with van der Waals surface area (Å²) in [7, 11) is 1.95. The lowest BCUT2D eigenvalue weighted by molar-refractivity contribution is 0.653. The van der Waals surface area contributed by atoms with E-state index in [1.54, 1.807) is 0 Å². The highest BCUT2D eigenvalue weighted by Crippen LogP contribution is 1.65. The molecule has 0 spiro atoms. The molecule has 0 aliphatic rings. The third kappa shape index (κ3) is 5.92. The summed E-state index contributed by atoms with van der Waals surface area (Å²) in [5.41, 5.74) is 0. The molecule has 0 amide bonds. The molecule has 0 fully saturated rings. The monoisotopic (exact) mass is 115 g/mol.